The highest BCUT2D eigenvalue weighted by atomic mass is 32.2. The van der Waals surface area contributed by atoms with Crippen molar-refractivity contribution >= 4 is 17.5 Å². The highest BCUT2D eigenvalue weighted by Crippen LogP contribution is 2.24. The number of carbonyl (C=O) groups is 1. The lowest BCUT2D eigenvalue weighted by atomic mass is 9.98. The van der Waals surface area contributed by atoms with Crippen LogP contribution in [0.1, 0.15) is 21.5 Å². The fraction of sp³-hybridized carbons (Fsp3) is 0.350. The topological polar surface area (TPSA) is 23.6 Å². The Morgan fingerprint density at radius 3 is 2.29 bits per heavy atom. The van der Waals surface area contributed by atoms with Gasteiger partial charge in [0.15, 0.2) is 5.78 Å². The normalized spacial score (nSPS) is 16.2. The van der Waals surface area contributed by atoms with E-state index in [0.717, 1.165) is 54.3 Å². The number of likely N-dealkylation sites (N-methyl/N-ethyl adjacent to an activating group) is 1. The molecule has 0 unspecified atom stereocenters. The zero-order valence-electron chi connectivity index (χ0n) is 14.4. The Morgan fingerprint density at radius 2 is 1.58 bits per heavy atom. The van der Waals surface area contributed by atoms with Gasteiger partial charge in [-0.2, -0.15) is 0 Å². The number of hydrogen-bond donors (Lipinski definition) is 0. The second kappa shape index (κ2) is 7.97. The summed E-state index contributed by atoms with van der Waals surface area (Å²) in [6.07, 6.45) is 2.02. The number of thioether (sulfide) groups is 1. The Bertz CT molecular complexity index is 708. The number of rotatable bonds is 5. The van der Waals surface area contributed by atoms with Gasteiger partial charge in [0, 0.05) is 48.7 Å². The highest BCUT2D eigenvalue weighted by Gasteiger charge is 2.19. The van der Waals surface area contributed by atoms with Gasteiger partial charge in [-0.1, -0.05) is 36.4 Å². The van der Waals surface area contributed by atoms with Crippen molar-refractivity contribution in [3.63, 3.8) is 0 Å². The average Bonchev–Trinajstić information content (AvgIpc) is 2.63. The molecule has 1 heterocycles. The predicted molar refractivity (Wildman–Crippen MR) is 101 cm³/mol. The van der Waals surface area contributed by atoms with Crippen LogP contribution in [0.2, 0.25) is 0 Å². The molecular weight excluding hydrogens is 316 g/mol. The molecule has 1 aliphatic rings. The molecule has 0 N–H and O–H groups in total. The molecule has 0 aromatic heterocycles. The first kappa shape index (κ1) is 17.2. The standard InChI is InChI=1S/C20H24N2OS/c1-21-11-13-22(14-12-21)15-16-7-3-4-8-17(16)20(23)18-9-5-6-10-19(18)24-2/h3-10H,11-15H2,1-2H3. The summed E-state index contributed by atoms with van der Waals surface area (Å²) >= 11 is 1.62. The van der Waals surface area contributed by atoms with Crippen LogP contribution >= 0.6 is 11.8 Å². The maximum atomic E-state index is 13.1. The maximum absolute atomic E-state index is 13.1. The Labute approximate surface area is 148 Å². The van der Waals surface area contributed by atoms with Gasteiger partial charge >= 0.3 is 0 Å². The molecule has 0 bridgehead atoms. The van der Waals surface area contributed by atoms with Crippen molar-refractivity contribution in [1.29, 1.82) is 0 Å². The van der Waals surface area contributed by atoms with Crippen LogP contribution in [0.15, 0.2) is 53.4 Å². The Balaban J connectivity index is 1.85. The second-order valence-corrected chi connectivity index (χ2v) is 7.11. The second-order valence-electron chi connectivity index (χ2n) is 6.27. The summed E-state index contributed by atoms with van der Waals surface area (Å²) in [5, 5.41) is 0. The minimum Gasteiger partial charge on any atom is -0.304 e. The van der Waals surface area contributed by atoms with Gasteiger partial charge < -0.3 is 4.90 Å². The Kier molecular flexibility index (Phi) is 5.72. The van der Waals surface area contributed by atoms with E-state index in [1.54, 1.807) is 11.8 Å². The van der Waals surface area contributed by atoms with Crippen LogP contribution < -0.4 is 0 Å². The van der Waals surface area contributed by atoms with Crippen LogP contribution in [-0.4, -0.2) is 55.1 Å². The van der Waals surface area contributed by atoms with Gasteiger partial charge in [0.2, 0.25) is 0 Å². The van der Waals surface area contributed by atoms with Gasteiger partial charge in [-0.25, -0.2) is 0 Å². The molecule has 2 aromatic rings. The molecule has 0 atom stereocenters. The SMILES string of the molecule is CSc1ccccc1C(=O)c1ccccc1CN1CCN(C)CC1. The first-order chi connectivity index (χ1) is 11.7. The minimum absolute atomic E-state index is 0.129. The molecule has 2 aromatic carbocycles. The van der Waals surface area contributed by atoms with Gasteiger partial charge in [0.25, 0.3) is 0 Å². The van der Waals surface area contributed by atoms with Crippen molar-refractivity contribution < 1.29 is 4.79 Å². The third-order valence-electron chi connectivity index (χ3n) is 4.60. The summed E-state index contributed by atoms with van der Waals surface area (Å²) < 4.78 is 0. The highest BCUT2D eigenvalue weighted by molar-refractivity contribution is 7.98. The van der Waals surface area contributed by atoms with E-state index in [0.29, 0.717) is 0 Å². The van der Waals surface area contributed by atoms with Crippen LogP contribution in [0.25, 0.3) is 0 Å². The van der Waals surface area contributed by atoms with Gasteiger partial charge in [-0.3, -0.25) is 9.69 Å². The molecule has 4 heteroatoms. The quantitative estimate of drug-likeness (QED) is 0.615. The number of piperazine rings is 1. The van der Waals surface area contributed by atoms with E-state index in [9.17, 15) is 4.79 Å². The summed E-state index contributed by atoms with van der Waals surface area (Å²) in [5.74, 6) is 0.129. The summed E-state index contributed by atoms with van der Waals surface area (Å²) in [5.41, 5.74) is 2.76. The van der Waals surface area contributed by atoms with Gasteiger partial charge in [0.1, 0.15) is 0 Å². The molecular formula is C20H24N2OS. The van der Waals surface area contributed by atoms with Crippen LogP contribution in [0, 0.1) is 0 Å². The molecule has 0 radical (unpaired) electrons. The summed E-state index contributed by atoms with van der Waals surface area (Å²) in [6, 6.07) is 15.9. The lowest BCUT2D eigenvalue weighted by Crippen LogP contribution is -2.44. The summed E-state index contributed by atoms with van der Waals surface area (Å²) in [4.78, 5) is 18.9. The van der Waals surface area contributed by atoms with Gasteiger partial charge in [0.05, 0.1) is 0 Å². The Hall–Kier alpha value is -1.62. The van der Waals surface area contributed by atoms with E-state index in [1.165, 1.54) is 0 Å². The van der Waals surface area contributed by atoms with Crippen LogP contribution in [0.4, 0.5) is 0 Å². The van der Waals surface area contributed by atoms with Gasteiger partial charge in [-0.15, -0.1) is 11.8 Å². The first-order valence-corrected chi connectivity index (χ1v) is 9.58. The summed E-state index contributed by atoms with van der Waals surface area (Å²) in [6.45, 7) is 5.13. The monoisotopic (exact) mass is 340 g/mol. The smallest absolute Gasteiger partial charge is 0.194 e. The molecule has 3 rings (SSSR count). The first-order valence-electron chi connectivity index (χ1n) is 8.35. The van der Waals surface area contributed by atoms with Crippen molar-refractivity contribution in [3.05, 3.63) is 65.2 Å². The third kappa shape index (κ3) is 3.89. The summed E-state index contributed by atoms with van der Waals surface area (Å²) in [7, 11) is 2.16. The number of carbonyl (C=O) groups excluding carboxylic acids is 1. The molecule has 0 amide bonds. The lowest BCUT2D eigenvalue weighted by molar-refractivity contribution is 0.103. The number of nitrogens with zero attached hydrogens (tertiary/aromatic N) is 2. The lowest BCUT2D eigenvalue weighted by Gasteiger charge is -2.32. The number of hydrogen-bond acceptors (Lipinski definition) is 4. The van der Waals surface area contributed by atoms with Crippen molar-refractivity contribution in [3.8, 4) is 0 Å². The fourth-order valence-electron chi connectivity index (χ4n) is 3.10. The van der Waals surface area contributed by atoms with Crippen molar-refractivity contribution in [2.75, 3.05) is 39.5 Å². The van der Waals surface area contributed by atoms with Crippen LogP contribution in [-0.2, 0) is 6.54 Å². The van der Waals surface area contributed by atoms with E-state index in [-0.39, 0.29) is 5.78 Å². The van der Waals surface area contributed by atoms with E-state index >= 15 is 0 Å². The average molecular weight is 340 g/mol. The van der Waals surface area contributed by atoms with E-state index in [1.807, 2.05) is 48.7 Å². The molecule has 1 aliphatic heterocycles. The van der Waals surface area contributed by atoms with Gasteiger partial charge in [-0.05, 0) is 31.0 Å². The van der Waals surface area contributed by atoms with E-state index < -0.39 is 0 Å². The molecule has 1 saturated heterocycles. The minimum atomic E-state index is 0.129. The molecule has 3 nitrogen and oxygen atoms in total. The molecule has 0 aliphatic carbocycles. The molecule has 24 heavy (non-hydrogen) atoms. The predicted octanol–water partition coefficient (Wildman–Crippen LogP) is 3.39. The Morgan fingerprint density at radius 1 is 0.958 bits per heavy atom. The fourth-order valence-corrected chi connectivity index (χ4v) is 3.70. The zero-order chi connectivity index (χ0) is 16.9. The molecule has 1 fully saturated rings. The molecule has 126 valence electrons. The van der Waals surface area contributed by atoms with Crippen molar-refractivity contribution in [2.24, 2.45) is 0 Å². The van der Waals surface area contributed by atoms with Crippen molar-refractivity contribution in [2.45, 2.75) is 11.4 Å². The number of benzene rings is 2. The molecule has 0 saturated carbocycles. The third-order valence-corrected chi connectivity index (χ3v) is 5.40. The van der Waals surface area contributed by atoms with Crippen molar-refractivity contribution in [1.82, 2.24) is 9.80 Å². The largest absolute Gasteiger partial charge is 0.304 e. The number of ketones is 1. The maximum Gasteiger partial charge on any atom is 0.194 e. The van der Waals surface area contributed by atoms with Crippen LogP contribution in [0.3, 0.4) is 0 Å². The van der Waals surface area contributed by atoms with Crippen LogP contribution in [0.5, 0.6) is 0 Å². The molecule has 0 spiro atoms. The zero-order valence-corrected chi connectivity index (χ0v) is 15.2. The van der Waals surface area contributed by atoms with E-state index in [2.05, 4.69) is 22.9 Å². The van der Waals surface area contributed by atoms with E-state index in [4.69, 9.17) is 0 Å².